The highest BCUT2D eigenvalue weighted by Gasteiger charge is 2.36. The Bertz CT molecular complexity index is 843. The summed E-state index contributed by atoms with van der Waals surface area (Å²) in [5.74, 6) is 7.34. The second-order valence-corrected chi connectivity index (χ2v) is 6.72. The van der Waals surface area contributed by atoms with Crippen molar-refractivity contribution in [3.63, 3.8) is 0 Å². The zero-order valence-electron chi connectivity index (χ0n) is 15.8. The molecule has 1 heterocycles. The quantitative estimate of drug-likeness (QED) is 0.422. The molecule has 0 saturated carbocycles. The van der Waals surface area contributed by atoms with Gasteiger partial charge in [-0.25, -0.2) is 0 Å². The van der Waals surface area contributed by atoms with Crippen LogP contribution in [0.4, 0.5) is 0 Å². The molecule has 2 aromatic carbocycles. The van der Waals surface area contributed by atoms with Gasteiger partial charge in [0, 0.05) is 6.42 Å². The highest BCUT2D eigenvalue weighted by Crippen LogP contribution is 2.37. The van der Waals surface area contributed by atoms with Gasteiger partial charge in [-0.2, -0.15) is 0 Å². The molecule has 27 heavy (non-hydrogen) atoms. The highest BCUT2D eigenvalue weighted by atomic mass is 16.4. The van der Waals surface area contributed by atoms with Crippen LogP contribution in [0.25, 0.3) is 0 Å². The van der Waals surface area contributed by atoms with Crippen molar-refractivity contribution < 1.29 is 9.52 Å². The standard InChI is InChI=1S/C25H26O2/c1-2-3-4-5-6-13-18-23-19-20-24(27-23)25(26,21-14-9-7-10-15-21)22-16-11-8-12-17-22/h7-12,14-17,19-20,26H,2-6H2,1H3. The number of rotatable bonds is 7. The third-order valence-corrected chi connectivity index (χ3v) is 4.71. The minimum absolute atomic E-state index is 0.482. The number of furan rings is 1. The summed E-state index contributed by atoms with van der Waals surface area (Å²) in [5, 5.41) is 11.7. The number of unbranched alkanes of at least 4 members (excludes halogenated alkanes) is 4. The van der Waals surface area contributed by atoms with Gasteiger partial charge >= 0.3 is 0 Å². The first-order chi connectivity index (χ1) is 13.2. The summed E-state index contributed by atoms with van der Waals surface area (Å²) in [7, 11) is 0. The van der Waals surface area contributed by atoms with E-state index >= 15 is 0 Å². The molecule has 3 aromatic rings. The Balaban J connectivity index is 1.87. The maximum atomic E-state index is 11.7. The molecule has 2 heteroatoms. The van der Waals surface area contributed by atoms with E-state index in [4.69, 9.17) is 4.42 Å². The third kappa shape index (κ3) is 4.51. The number of benzene rings is 2. The van der Waals surface area contributed by atoms with Crippen LogP contribution < -0.4 is 0 Å². The molecule has 0 unspecified atom stereocenters. The van der Waals surface area contributed by atoms with Crippen LogP contribution in [0, 0.1) is 11.8 Å². The number of aliphatic hydroxyl groups is 1. The summed E-state index contributed by atoms with van der Waals surface area (Å²) in [6.07, 6.45) is 5.70. The fourth-order valence-electron chi connectivity index (χ4n) is 3.20. The molecule has 0 radical (unpaired) electrons. The molecule has 1 aromatic heterocycles. The molecular weight excluding hydrogens is 332 g/mol. The summed E-state index contributed by atoms with van der Waals surface area (Å²) in [5.41, 5.74) is 0.193. The lowest BCUT2D eigenvalue weighted by Crippen LogP contribution is -2.28. The average Bonchev–Trinajstić information content (AvgIpc) is 3.21. The molecule has 0 aliphatic carbocycles. The monoisotopic (exact) mass is 358 g/mol. The molecule has 0 aliphatic heterocycles. The van der Waals surface area contributed by atoms with Gasteiger partial charge < -0.3 is 9.52 Å². The van der Waals surface area contributed by atoms with E-state index in [0.717, 1.165) is 24.0 Å². The minimum Gasteiger partial charge on any atom is -0.449 e. The molecule has 0 aliphatic rings. The summed E-state index contributed by atoms with van der Waals surface area (Å²) < 4.78 is 5.96. The smallest absolute Gasteiger partial charge is 0.177 e. The van der Waals surface area contributed by atoms with Crippen molar-refractivity contribution in [3.8, 4) is 11.8 Å². The molecule has 1 N–H and O–H groups in total. The normalized spacial score (nSPS) is 11.0. The van der Waals surface area contributed by atoms with E-state index in [1.807, 2.05) is 72.8 Å². The zero-order chi connectivity index (χ0) is 19.0. The molecule has 0 bridgehead atoms. The van der Waals surface area contributed by atoms with E-state index in [1.165, 1.54) is 19.3 Å². The lowest BCUT2D eigenvalue weighted by molar-refractivity contribution is 0.0985. The van der Waals surface area contributed by atoms with Gasteiger partial charge in [-0.15, -0.1) is 0 Å². The van der Waals surface area contributed by atoms with Gasteiger partial charge in [0.1, 0.15) is 5.76 Å². The third-order valence-electron chi connectivity index (χ3n) is 4.71. The Kier molecular flexibility index (Phi) is 6.52. The number of hydrogen-bond donors (Lipinski definition) is 1. The van der Waals surface area contributed by atoms with Gasteiger partial charge in [-0.1, -0.05) is 92.8 Å². The van der Waals surface area contributed by atoms with Crippen LogP contribution in [0.2, 0.25) is 0 Å². The van der Waals surface area contributed by atoms with Gasteiger partial charge in [0.15, 0.2) is 11.4 Å². The van der Waals surface area contributed by atoms with Crippen LogP contribution >= 0.6 is 0 Å². The van der Waals surface area contributed by atoms with Crippen molar-refractivity contribution in [3.05, 3.63) is 95.4 Å². The molecule has 0 spiro atoms. The first-order valence-corrected chi connectivity index (χ1v) is 9.67. The molecular formula is C25H26O2. The second kappa shape index (κ2) is 9.26. The summed E-state index contributed by atoms with van der Waals surface area (Å²) in [6, 6.07) is 22.9. The van der Waals surface area contributed by atoms with Crippen molar-refractivity contribution >= 4 is 0 Å². The SMILES string of the molecule is CCCCCCC#Cc1ccc(C(O)(c2ccccc2)c2ccccc2)o1. The van der Waals surface area contributed by atoms with E-state index in [1.54, 1.807) is 0 Å². The summed E-state index contributed by atoms with van der Waals surface area (Å²) in [4.78, 5) is 0. The largest absolute Gasteiger partial charge is 0.449 e. The van der Waals surface area contributed by atoms with E-state index in [-0.39, 0.29) is 0 Å². The Morgan fingerprint density at radius 1 is 0.815 bits per heavy atom. The van der Waals surface area contributed by atoms with Crippen LogP contribution in [0.3, 0.4) is 0 Å². The van der Waals surface area contributed by atoms with Crippen molar-refractivity contribution in [1.29, 1.82) is 0 Å². The molecule has 0 amide bonds. The van der Waals surface area contributed by atoms with Crippen molar-refractivity contribution in [2.45, 2.75) is 44.6 Å². The average molecular weight is 358 g/mol. The van der Waals surface area contributed by atoms with Crippen LogP contribution in [-0.4, -0.2) is 5.11 Å². The highest BCUT2D eigenvalue weighted by molar-refractivity contribution is 5.44. The summed E-state index contributed by atoms with van der Waals surface area (Å²) in [6.45, 7) is 2.21. The van der Waals surface area contributed by atoms with E-state index in [0.29, 0.717) is 11.5 Å². The van der Waals surface area contributed by atoms with Gasteiger partial charge in [0.2, 0.25) is 0 Å². The predicted molar refractivity (Wildman–Crippen MR) is 109 cm³/mol. The van der Waals surface area contributed by atoms with Gasteiger partial charge in [0.25, 0.3) is 0 Å². The minimum atomic E-state index is -1.34. The van der Waals surface area contributed by atoms with Crippen molar-refractivity contribution in [2.75, 3.05) is 0 Å². The summed E-state index contributed by atoms with van der Waals surface area (Å²) >= 11 is 0. The lowest BCUT2D eigenvalue weighted by atomic mass is 9.84. The van der Waals surface area contributed by atoms with Crippen molar-refractivity contribution in [1.82, 2.24) is 0 Å². The second-order valence-electron chi connectivity index (χ2n) is 6.72. The fraction of sp³-hybridized carbons (Fsp3) is 0.280. The van der Waals surface area contributed by atoms with E-state index in [9.17, 15) is 5.11 Å². The predicted octanol–water partition coefficient (Wildman–Crippen LogP) is 5.89. The fourth-order valence-corrected chi connectivity index (χ4v) is 3.20. The molecule has 3 rings (SSSR count). The Morgan fingerprint density at radius 2 is 1.44 bits per heavy atom. The molecule has 0 fully saturated rings. The topological polar surface area (TPSA) is 33.4 Å². The van der Waals surface area contributed by atoms with Crippen LogP contribution in [0.15, 0.2) is 77.2 Å². The molecule has 138 valence electrons. The Morgan fingerprint density at radius 3 is 2.04 bits per heavy atom. The van der Waals surface area contributed by atoms with E-state index < -0.39 is 5.60 Å². The van der Waals surface area contributed by atoms with Gasteiger partial charge in [0.05, 0.1) is 0 Å². The van der Waals surface area contributed by atoms with Crippen LogP contribution in [0.5, 0.6) is 0 Å². The molecule has 2 nitrogen and oxygen atoms in total. The molecule has 0 saturated heterocycles. The molecule has 0 atom stereocenters. The number of hydrogen-bond acceptors (Lipinski definition) is 2. The van der Waals surface area contributed by atoms with Gasteiger partial charge in [-0.05, 0) is 35.6 Å². The Labute approximate surface area is 161 Å². The first kappa shape index (κ1) is 19.0. The van der Waals surface area contributed by atoms with Gasteiger partial charge in [-0.3, -0.25) is 0 Å². The lowest BCUT2D eigenvalue weighted by Gasteiger charge is -2.27. The first-order valence-electron chi connectivity index (χ1n) is 9.67. The van der Waals surface area contributed by atoms with Crippen LogP contribution in [-0.2, 0) is 5.60 Å². The maximum absolute atomic E-state index is 11.7. The van der Waals surface area contributed by atoms with E-state index in [2.05, 4.69) is 18.8 Å². The van der Waals surface area contributed by atoms with Crippen molar-refractivity contribution in [2.24, 2.45) is 0 Å². The van der Waals surface area contributed by atoms with Crippen LogP contribution in [0.1, 0.15) is 61.7 Å². The maximum Gasteiger partial charge on any atom is 0.177 e. The zero-order valence-corrected chi connectivity index (χ0v) is 15.8. The Hall–Kier alpha value is -2.76.